The lowest BCUT2D eigenvalue weighted by atomic mass is 9.75. The van der Waals surface area contributed by atoms with E-state index in [9.17, 15) is 19.8 Å². The quantitative estimate of drug-likeness (QED) is 0.856. The summed E-state index contributed by atoms with van der Waals surface area (Å²) in [7, 11) is 2.89. The van der Waals surface area contributed by atoms with Crippen molar-refractivity contribution < 1.29 is 29.3 Å². The van der Waals surface area contributed by atoms with Crippen molar-refractivity contribution in [2.24, 2.45) is 10.9 Å². The molecule has 0 aromatic heterocycles. The Morgan fingerprint density at radius 3 is 2.29 bits per heavy atom. The summed E-state index contributed by atoms with van der Waals surface area (Å²) in [5, 5.41) is 19.3. The summed E-state index contributed by atoms with van der Waals surface area (Å²) in [6.45, 7) is 3.14. The normalized spacial score (nSPS) is 20.4. The second kappa shape index (κ2) is 6.74. The number of aliphatic imine (C=N–C) groups is 1. The number of nitrogens with zero attached hydrogens (tertiary/aromatic N) is 1. The van der Waals surface area contributed by atoms with Crippen LogP contribution in [0.1, 0.15) is 25.3 Å². The Balaban J connectivity index is 2.78. The molecule has 128 valence electrons. The monoisotopic (exact) mass is 333 g/mol. The van der Waals surface area contributed by atoms with Gasteiger partial charge in [0, 0.05) is 22.9 Å². The Labute approximate surface area is 139 Å². The summed E-state index contributed by atoms with van der Waals surface area (Å²) >= 11 is 0. The molecule has 1 heterocycles. The first-order chi connectivity index (χ1) is 11.3. The maximum absolute atomic E-state index is 11.8. The molecular formula is C17H19NO6. The predicted octanol–water partition coefficient (Wildman–Crippen LogP) is 2.32. The number of para-hydroxylation sites is 1. The Bertz CT molecular complexity index is 749. The third kappa shape index (κ3) is 2.84. The van der Waals surface area contributed by atoms with Gasteiger partial charge in [0.1, 0.15) is 5.92 Å². The van der Waals surface area contributed by atoms with Crippen LogP contribution in [0, 0.1) is 5.92 Å². The van der Waals surface area contributed by atoms with E-state index in [2.05, 4.69) is 4.99 Å². The summed E-state index contributed by atoms with van der Waals surface area (Å²) < 4.78 is 10.6. The summed E-state index contributed by atoms with van der Waals surface area (Å²) in [4.78, 5) is 27.7. The number of carboxylic acids is 2. The van der Waals surface area contributed by atoms with Crippen molar-refractivity contribution in [2.45, 2.75) is 19.8 Å². The second-order valence-electron chi connectivity index (χ2n) is 5.43. The van der Waals surface area contributed by atoms with Gasteiger partial charge in [-0.05, 0) is 19.9 Å². The van der Waals surface area contributed by atoms with Gasteiger partial charge >= 0.3 is 11.9 Å². The molecule has 0 bridgehead atoms. The first kappa shape index (κ1) is 17.5. The number of carbonyl (C=O) groups is 2. The van der Waals surface area contributed by atoms with Gasteiger partial charge in [-0.3, -0.25) is 9.79 Å². The number of rotatable bonds is 5. The molecular weight excluding hydrogens is 314 g/mol. The van der Waals surface area contributed by atoms with E-state index >= 15 is 0 Å². The van der Waals surface area contributed by atoms with Crippen LogP contribution < -0.4 is 9.47 Å². The van der Waals surface area contributed by atoms with E-state index in [0.29, 0.717) is 22.8 Å². The first-order valence-electron chi connectivity index (χ1n) is 7.26. The highest BCUT2D eigenvalue weighted by Crippen LogP contribution is 2.45. The van der Waals surface area contributed by atoms with Gasteiger partial charge in [-0.2, -0.15) is 0 Å². The lowest BCUT2D eigenvalue weighted by Crippen LogP contribution is -2.35. The molecule has 0 amide bonds. The van der Waals surface area contributed by atoms with Gasteiger partial charge in [0.05, 0.1) is 19.8 Å². The molecule has 0 saturated heterocycles. The molecule has 0 radical (unpaired) electrons. The van der Waals surface area contributed by atoms with E-state index in [1.54, 1.807) is 32.0 Å². The second-order valence-corrected chi connectivity index (χ2v) is 5.43. The lowest BCUT2D eigenvalue weighted by Gasteiger charge is -2.30. The molecule has 0 saturated carbocycles. The van der Waals surface area contributed by atoms with Crippen LogP contribution in [-0.4, -0.2) is 42.1 Å². The molecule has 1 aliphatic rings. The van der Waals surface area contributed by atoms with Crippen LogP contribution in [0.5, 0.6) is 11.5 Å². The van der Waals surface area contributed by atoms with Crippen molar-refractivity contribution in [1.82, 2.24) is 0 Å². The topological polar surface area (TPSA) is 105 Å². The van der Waals surface area contributed by atoms with Crippen LogP contribution in [0.2, 0.25) is 0 Å². The Kier molecular flexibility index (Phi) is 4.92. The fourth-order valence-corrected chi connectivity index (χ4v) is 3.13. The standard InChI is InChI=1S/C17H19NO6/c1-8-12(16(19)20)14(13(17(21)22)9(2)18-8)10-6-5-7-11(23-3)15(10)24-4/h5-7,12,14H,1-4H3,(H,19,20)(H,21,22). The van der Waals surface area contributed by atoms with Crippen molar-refractivity contribution in [3.63, 3.8) is 0 Å². The SMILES string of the molecule is COc1cccc(C2C(C(=O)O)=C(C)N=C(C)C2C(=O)O)c1OC. The zero-order valence-electron chi connectivity index (χ0n) is 13.9. The van der Waals surface area contributed by atoms with Crippen LogP contribution in [0.15, 0.2) is 34.5 Å². The number of aliphatic carboxylic acids is 2. The number of hydrogen-bond acceptors (Lipinski definition) is 5. The Morgan fingerprint density at radius 2 is 1.79 bits per heavy atom. The minimum atomic E-state index is -1.20. The van der Waals surface area contributed by atoms with Gasteiger partial charge in [-0.15, -0.1) is 0 Å². The van der Waals surface area contributed by atoms with Crippen LogP contribution in [0.3, 0.4) is 0 Å². The van der Waals surface area contributed by atoms with Crippen molar-refractivity contribution in [3.05, 3.63) is 35.0 Å². The van der Waals surface area contributed by atoms with Crippen LogP contribution >= 0.6 is 0 Å². The molecule has 7 nitrogen and oxygen atoms in total. The molecule has 0 spiro atoms. The van der Waals surface area contributed by atoms with Gasteiger partial charge in [0.2, 0.25) is 0 Å². The van der Waals surface area contributed by atoms with E-state index in [0.717, 1.165) is 0 Å². The van der Waals surface area contributed by atoms with Crippen molar-refractivity contribution in [3.8, 4) is 11.5 Å². The molecule has 1 aromatic carbocycles. The molecule has 1 aromatic rings. The van der Waals surface area contributed by atoms with E-state index in [1.807, 2.05) is 0 Å². The molecule has 2 N–H and O–H groups in total. The number of hydrogen-bond donors (Lipinski definition) is 2. The van der Waals surface area contributed by atoms with Crippen molar-refractivity contribution >= 4 is 17.7 Å². The summed E-state index contributed by atoms with van der Waals surface area (Å²) in [6, 6.07) is 4.99. The maximum Gasteiger partial charge on any atom is 0.334 e. The highest BCUT2D eigenvalue weighted by molar-refractivity contribution is 6.06. The zero-order valence-corrected chi connectivity index (χ0v) is 13.9. The summed E-state index contributed by atoms with van der Waals surface area (Å²) in [5.41, 5.74) is 1.02. The molecule has 1 aliphatic heterocycles. The molecule has 2 rings (SSSR count). The zero-order chi connectivity index (χ0) is 18.0. The smallest absolute Gasteiger partial charge is 0.334 e. The lowest BCUT2D eigenvalue weighted by molar-refractivity contribution is -0.140. The van der Waals surface area contributed by atoms with Gasteiger partial charge in [0.15, 0.2) is 11.5 Å². The molecule has 0 aliphatic carbocycles. The van der Waals surface area contributed by atoms with Crippen LogP contribution in [-0.2, 0) is 9.59 Å². The number of benzene rings is 1. The molecule has 2 unspecified atom stereocenters. The number of methoxy groups -OCH3 is 2. The maximum atomic E-state index is 11.8. The van der Waals surface area contributed by atoms with Crippen LogP contribution in [0.25, 0.3) is 0 Å². The third-order valence-electron chi connectivity index (χ3n) is 4.09. The third-order valence-corrected chi connectivity index (χ3v) is 4.09. The fourth-order valence-electron chi connectivity index (χ4n) is 3.13. The van der Waals surface area contributed by atoms with Gasteiger partial charge < -0.3 is 19.7 Å². The summed E-state index contributed by atoms with van der Waals surface area (Å²) in [6.07, 6.45) is 0. The van der Waals surface area contributed by atoms with Gasteiger partial charge in [0.25, 0.3) is 0 Å². The van der Waals surface area contributed by atoms with Gasteiger partial charge in [-0.25, -0.2) is 4.79 Å². The average Bonchev–Trinajstić information content (AvgIpc) is 2.52. The summed E-state index contributed by atoms with van der Waals surface area (Å²) in [5.74, 6) is -3.65. The largest absolute Gasteiger partial charge is 0.493 e. The fraction of sp³-hybridized carbons (Fsp3) is 0.353. The number of allylic oxidation sites excluding steroid dienone is 1. The Hall–Kier alpha value is -2.83. The van der Waals surface area contributed by atoms with Gasteiger partial charge in [-0.1, -0.05) is 12.1 Å². The van der Waals surface area contributed by atoms with Crippen molar-refractivity contribution in [1.29, 1.82) is 0 Å². The molecule has 24 heavy (non-hydrogen) atoms. The van der Waals surface area contributed by atoms with E-state index in [-0.39, 0.29) is 11.3 Å². The highest BCUT2D eigenvalue weighted by Gasteiger charge is 2.42. The van der Waals surface area contributed by atoms with Crippen molar-refractivity contribution in [2.75, 3.05) is 14.2 Å². The first-order valence-corrected chi connectivity index (χ1v) is 7.26. The predicted molar refractivity (Wildman–Crippen MR) is 86.9 cm³/mol. The number of ether oxygens (including phenoxy) is 2. The minimum Gasteiger partial charge on any atom is -0.493 e. The van der Waals surface area contributed by atoms with E-state index < -0.39 is 23.8 Å². The highest BCUT2D eigenvalue weighted by atomic mass is 16.5. The Morgan fingerprint density at radius 1 is 1.12 bits per heavy atom. The molecule has 7 heteroatoms. The van der Waals surface area contributed by atoms with E-state index in [1.165, 1.54) is 14.2 Å². The minimum absolute atomic E-state index is 0.0560. The average molecular weight is 333 g/mol. The number of carboxylic acid groups (broad SMARTS) is 2. The molecule has 0 fully saturated rings. The molecule has 2 atom stereocenters. The van der Waals surface area contributed by atoms with E-state index in [4.69, 9.17) is 9.47 Å². The van der Waals surface area contributed by atoms with Crippen LogP contribution in [0.4, 0.5) is 0 Å².